The van der Waals surface area contributed by atoms with Crippen LogP contribution in [-0.4, -0.2) is 52.4 Å². The molecule has 0 bridgehead atoms. The summed E-state index contributed by atoms with van der Waals surface area (Å²) in [6, 6.07) is 10.5. The van der Waals surface area contributed by atoms with E-state index in [-0.39, 0.29) is 24.0 Å². The van der Waals surface area contributed by atoms with E-state index >= 15 is 0 Å². The third-order valence-electron chi connectivity index (χ3n) is 3.98. The molecule has 1 aromatic heterocycles. The molecule has 0 atom stereocenters. The van der Waals surface area contributed by atoms with Crippen LogP contribution in [0.3, 0.4) is 0 Å². The van der Waals surface area contributed by atoms with Gasteiger partial charge in [0.2, 0.25) is 0 Å². The van der Waals surface area contributed by atoms with Crippen LogP contribution < -0.4 is 10.6 Å². The highest BCUT2D eigenvalue weighted by atomic mass is 127. The standard InChI is InChI=1S/C19H30N6S.HI/c1-3-18-24-23-16-25(18)14-13-22-19(20-11-7-15-26-2)21-12-10-17-8-5-4-6-9-17;/h4-6,8-9,16H,3,7,10-15H2,1-2H3,(H2,20,21,22);1H. The normalized spacial score (nSPS) is 11.1. The molecule has 8 heteroatoms. The van der Waals surface area contributed by atoms with Crippen LogP contribution >= 0.6 is 35.7 Å². The lowest BCUT2D eigenvalue weighted by Gasteiger charge is -2.13. The predicted molar refractivity (Wildman–Crippen MR) is 126 cm³/mol. The first-order valence-corrected chi connectivity index (χ1v) is 10.6. The summed E-state index contributed by atoms with van der Waals surface area (Å²) in [5.41, 5.74) is 1.33. The Morgan fingerprint density at radius 1 is 1.19 bits per heavy atom. The fraction of sp³-hybridized carbons (Fsp3) is 0.526. The summed E-state index contributed by atoms with van der Waals surface area (Å²) in [7, 11) is 0. The first kappa shape index (κ1) is 23.7. The minimum Gasteiger partial charge on any atom is -0.356 e. The van der Waals surface area contributed by atoms with Crippen LogP contribution in [0, 0.1) is 0 Å². The Labute approximate surface area is 184 Å². The molecule has 2 N–H and O–H groups in total. The number of thioether (sulfide) groups is 1. The van der Waals surface area contributed by atoms with Gasteiger partial charge in [0.15, 0.2) is 5.96 Å². The molecule has 0 aliphatic carbocycles. The summed E-state index contributed by atoms with van der Waals surface area (Å²) in [6.45, 7) is 5.43. The van der Waals surface area contributed by atoms with Crippen molar-refractivity contribution >= 4 is 41.7 Å². The number of hydrogen-bond donors (Lipinski definition) is 2. The molecule has 2 aromatic rings. The van der Waals surface area contributed by atoms with Crippen molar-refractivity contribution in [2.24, 2.45) is 4.99 Å². The van der Waals surface area contributed by atoms with Crippen LogP contribution in [0.2, 0.25) is 0 Å². The number of guanidine groups is 1. The van der Waals surface area contributed by atoms with E-state index in [9.17, 15) is 0 Å². The van der Waals surface area contributed by atoms with Gasteiger partial charge >= 0.3 is 0 Å². The molecule has 0 radical (unpaired) electrons. The van der Waals surface area contributed by atoms with Crippen molar-refractivity contribution in [3.63, 3.8) is 0 Å². The molecule has 1 aromatic carbocycles. The van der Waals surface area contributed by atoms with Gasteiger partial charge in [0.25, 0.3) is 0 Å². The van der Waals surface area contributed by atoms with Gasteiger partial charge in [-0.15, -0.1) is 34.2 Å². The van der Waals surface area contributed by atoms with Gasteiger partial charge in [0, 0.05) is 32.6 Å². The number of aromatic nitrogens is 3. The lowest BCUT2D eigenvalue weighted by molar-refractivity contribution is 0.631. The van der Waals surface area contributed by atoms with Gasteiger partial charge in [-0.1, -0.05) is 37.3 Å². The number of benzene rings is 1. The van der Waals surface area contributed by atoms with Crippen LogP contribution in [-0.2, 0) is 19.4 Å². The average Bonchev–Trinajstić information content (AvgIpc) is 3.13. The number of rotatable bonds is 11. The molecule has 150 valence electrons. The third kappa shape index (κ3) is 9.46. The molecule has 6 nitrogen and oxygen atoms in total. The van der Waals surface area contributed by atoms with Crippen LogP contribution in [0.4, 0.5) is 0 Å². The molecule has 27 heavy (non-hydrogen) atoms. The Morgan fingerprint density at radius 3 is 2.70 bits per heavy atom. The first-order valence-electron chi connectivity index (χ1n) is 9.25. The topological polar surface area (TPSA) is 67.1 Å². The van der Waals surface area contributed by atoms with Crippen LogP contribution in [0.15, 0.2) is 41.7 Å². The van der Waals surface area contributed by atoms with Gasteiger partial charge in [-0.05, 0) is 30.4 Å². The summed E-state index contributed by atoms with van der Waals surface area (Å²) in [6.07, 6.45) is 6.89. The van der Waals surface area contributed by atoms with Gasteiger partial charge in [-0.25, -0.2) is 0 Å². The fourth-order valence-electron chi connectivity index (χ4n) is 2.58. The van der Waals surface area contributed by atoms with E-state index in [2.05, 4.69) is 62.8 Å². The summed E-state index contributed by atoms with van der Waals surface area (Å²) >= 11 is 1.86. The second kappa shape index (κ2) is 14.7. The molecule has 0 saturated heterocycles. The quantitative estimate of drug-likeness (QED) is 0.214. The molecule has 0 amide bonds. The van der Waals surface area contributed by atoms with Gasteiger partial charge in [-0.3, -0.25) is 4.99 Å². The highest BCUT2D eigenvalue weighted by Gasteiger charge is 2.03. The molecule has 0 spiro atoms. The first-order chi connectivity index (χ1) is 12.8. The van der Waals surface area contributed by atoms with Gasteiger partial charge in [0.1, 0.15) is 12.2 Å². The number of halogens is 1. The maximum absolute atomic E-state index is 4.69. The molecule has 0 saturated carbocycles. The Hall–Kier alpha value is -1.29. The van der Waals surface area contributed by atoms with E-state index in [4.69, 9.17) is 4.99 Å². The van der Waals surface area contributed by atoms with E-state index < -0.39 is 0 Å². The number of aryl methyl sites for hydroxylation is 1. The number of nitrogens with one attached hydrogen (secondary N) is 2. The van der Waals surface area contributed by atoms with E-state index in [1.807, 2.05) is 17.8 Å². The third-order valence-corrected chi connectivity index (χ3v) is 4.68. The summed E-state index contributed by atoms with van der Waals surface area (Å²) in [4.78, 5) is 4.69. The van der Waals surface area contributed by atoms with E-state index in [0.29, 0.717) is 0 Å². The highest BCUT2D eigenvalue weighted by Crippen LogP contribution is 1.99. The van der Waals surface area contributed by atoms with Crippen molar-refractivity contribution in [2.45, 2.75) is 32.7 Å². The van der Waals surface area contributed by atoms with Crippen LogP contribution in [0.25, 0.3) is 0 Å². The van der Waals surface area contributed by atoms with Gasteiger partial charge in [0.05, 0.1) is 0 Å². The lowest BCUT2D eigenvalue weighted by Crippen LogP contribution is -2.40. The summed E-state index contributed by atoms with van der Waals surface area (Å²) in [5, 5.41) is 15.0. The second-order valence-corrected chi connectivity index (χ2v) is 6.95. The van der Waals surface area contributed by atoms with Gasteiger partial charge < -0.3 is 15.2 Å². The molecule has 0 aliphatic heterocycles. The van der Waals surface area contributed by atoms with E-state index in [0.717, 1.165) is 63.0 Å². The van der Waals surface area contributed by atoms with Crippen molar-refractivity contribution in [3.05, 3.63) is 48.0 Å². The number of aliphatic imine (C=N–C) groups is 1. The number of nitrogens with zero attached hydrogens (tertiary/aromatic N) is 4. The van der Waals surface area contributed by atoms with Crippen molar-refractivity contribution in [3.8, 4) is 0 Å². The van der Waals surface area contributed by atoms with E-state index in [1.54, 1.807) is 6.33 Å². The molecule has 0 aliphatic rings. The van der Waals surface area contributed by atoms with Crippen molar-refractivity contribution in [1.82, 2.24) is 25.4 Å². The zero-order chi connectivity index (χ0) is 18.5. The molecular formula is C19H31IN6S. The Kier molecular flexibility index (Phi) is 13.0. The minimum atomic E-state index is 0. The summed E-state index contributed by atoms with van der Waals surface area (Å²) in [5.74, 6) is 3.04. The SMILES string of the molecule is CCc1nncn1CCNC(=NCCCSC)NCCc1ccccc1.I. The predicted octanol–water partition coefficient (Wildman–Crippen LogP) is 2.99. The zero-order valence-electron chi connectivity index (χ0n) is 16.2. The zero-order valence-corrected chi connectivity index (χ0v) is 19.4. The van der Waals surface area contributed by atoms with Crippen LogP contribution in [0.5, 0.6) is 0 Å². The maximum Gasteiger partial charge on any atom is 0.191 e. The van der Waals surface area contributed by atoms with E-state index in [1.165, 1.54) is 5.56 Å². The van der Waals surface area contributed by atoms with Crippen LogP contribution in [0.1, 0.15) is 24.7 Å². The molecule has 0 unspecified atom stereocenters. The lowest BCUT2D eigenvalue weighted by atomic mass is 10.1. The molecule has 1 heterocycles. The second-order valence-electron chi connectivity index (χ2n) is 5.96. The Bertz CT molecular complexity index is 647. The highest BCUT2D eigenvalue weighted by molar-refractivity contribution is 14.0. The molecule has 2 rings (SSSR count). The number of hydrogen-bond acceptors (Lipinski definition) is 4. The maximum atomic E-state index is 4.69. The Morgan fingerprint density at radius 2 is 1.96 bits per heavy atom. The fourth-order valence-corrected chi connectivity index (χ4v) is 3.00. The van der Waals surface area contributed by atoms with Crippen molar-refractivity contribution < 1.29 is 0 Å². The smallest absolute Gasteiger partial charge is 0.191 e. The monoisotopic (exact) mass is 502 g/mol. The largest absolute Gasteiger partial charge is 0.356 e. The van der Waals surface area contributed by atoms with Crippen molar-refractivity contribution in [2.75, 3.05) is 31.6 Å². The molecular weight excluding hydrogens is 471 g/mol. The van der Waals surface area contributed by atoms with Gasteiger partial charge in [-0.2, -0.15) is 11.8 Å². The average molecular weight is 502 g/mol. The van der Waals surface area contributed by atoms with Crippen molar-refractivity contribution in [1.29, 1.82) is 0 Å². The Balaban J connectivity index is 0.00000364. The summed E-state index contributed by atoms with van der Waals surface area (Å²) < 4.78 is 2.09. The minimum absolute atomic E-state index is 0. The molecule has 0 fully saturated rings.